The van der Waals surface area contributed by atoms with Crippen molar-refractivity contribution in [2.45, 2.75) is 41.7 Å². The Morgan fingerprint density at radius 3 is 1.32 bits per heavy atom. The molecule has 0 amide bonds. The van der Waals surface area contributed by atoms with Gasteiger partial charge in [-0.2, -0.15) is 74.6 Å². The highest BCUT2D eigenvalue weighted by atomic mass is 35.5. The molecule has 1 aromatic carbocycles. The topological polar surface area (TPSA) is 46.5 Å². The van der Waals surface area contributed by atoms with E-state index in [9.17, 15) is 79.4 Å². The Kier molecular flexibility index (Phi) is 9.18. The molecule has 3 nitrogen and oxygen atoms in total. The third-order valence-corrected chi connectivity index (χ3v) is 4.08. The summed E-state index contributed by atoms with van der Waals surface area (Å²) < 4.78 is 226. The number of hydrogen-bond donors (Lipinski definition) is 1. The van der Waals surface area contributed by atoms with Crippen molar-refractivity contribution in [2.24, 2.45) is 0 Å². The zero-order valence-corrected chi connectivity index (χ0v) is 17.2. The number of allylic oxidation sites excluding steroid dienone is 1. The normalized spacial score (nSPS) is 15.1. The molecule has 1 N–H and O–H groups in total. The van der Waals surface area contributed by atoms with Gasteiger partial charge in [-0.1, -0.05) is 0 Å². The minimum absolute atomic E-state index is 0. The highest BCUT2D eigenvalue weighted by Crippen LogP contribution is 2.63. The molecular weight excluding hydrogens is 599 g/mol. The zero-order chi connectivity index (χ0) is 28.9. The highest BCUT2D eigenvalue weighted by molar-refractivity contribution is 5.87. The van der Waals surface area contributed by atoms with Gasteiger partial charge in [0.1, 0.15) is 5.75 Å². The maximum absolute atomic E-state index is 13.6. The Balaban J connectivity index is 0.0000130. The number of hydrogen-bond acceptors (Lipinski definition) is 2. The second kappa shape index (κ2) is 9.90. The molecule has 0 spiro atoms. The van der Waals surface area contributed by atoms with E-state index in [2.05, 4.69) is 4.74 Å². The summed E-state index contributed by atoms with van der Waals surface area (Å²) in [6, 6.07) is -1.99. The van der Waals surface area contributed by atoms with Gasteiger partial charge in [-0.25, -0.2) is 4.79 Å². The highest BCUT2D eigenvalue weighted by Gasteiger charge is 2.93. The van der Waals surface area contributed by atoms with E-state index in [1.54, 1.807) is 0 Å². The molecule has 0 radical (unpaired) electrons. The lowest BCUT2D eigenvalue weighted by molar-refractivity contribution is -0.451. The smallest absolute Gasteiger partial charge is 0.460 e. The molecule has 0 aliphatic heterocycles. The van der Waals surface area contributed by atoms with Crippen molar-refractivity contribution in [3.8, 4) is 5.75 Å². The fraction of sp³-hybridized carbons (Fsp3) is 0.438. The second-order valence-corrected chi connectivity index (χ2v) is 6.46. The third kappa shape index (κ3) is 5.20. The van der Waals surface area contributed by atoms with Gasteiger partial charge < -0.3 is 9.84 Å². The van der Waals surface area contributed by atoms with E-state index in [1.165, 1.54) is 0 Å². The van der Waals surface area contributed by atoms with Crippen molar-refractivity contribution in [1.82, 2.24) is 0 Å². The third-order valence-electron chi connectivity index (χ3n) is 4.08. The monoisotopic (exact) mass is 604 g/mol. The van der Waals surface area contributed by atoms with Gasteiger partial charge in [0.25, 0.3) is 0 Å². The molecule has 0 heterocycles. The molecule has 0 aromatic heterocycles. The molecule has 0 fully saturated rings. The van der Waals surface area contributed by atoms with Crippen LogP contribution < -0.4 is 4.74 Å². The number of carboxylic acids is 1. The quantitative estimate of drug-likeness (QED) is 0.233. The van der Waals surface area contributed by atoms with Gasteiger partial charge in [-0.15, -0.1) is 12.4 Å². The Morgan fingerprint density at radius 2 is 0.973 bits per heavy atom. The first-order valence-corrected chi connectivity index (χ1v) is 8.12. The summed E-state index contributed by atoms with van der Waals surface area (Å²) in [6.45, 7) is 0. The minimum atomic E-state index is -8.67. The summed E-state index contributed by atoms with van der Waals surface area (Å²) in [7, 11) is 0. The van der Waals surface area contributed by atoms with Crippen LogP contribution in [0.3, 0.4) is 0 Å². The molecule has 0 saturated heterocycles. The number of rotatable bonds is 9. The van der Waals surface area contributed by atoms with Crippen molar-refractivity contribution < 1.29 is 89.3 Å². The maximum atomic E-state index is 13.6. The fourth-order valence-electron chi connectivity index (χ4n) is 2.04. The van der Waals surface area contributed by atoms with E-state index in [0.717, 1.165) is 0 Å². The van der Waals surface area contributed by atoms with Crippen LogP contribution in [0.4, 0.5) is 74.6 Å². The summed E-state index contributed by atoms with van der Waals surface area (Å²) in [5.41, 5.74) is -0.623. The van der Waals surface area contributed by atoms with Gasteiger partial charge in [0.2, 0.25) is 5.83 Å². The number of benzene rings is 1. The molecule has 1 rings (SSSR count). The van der Waals surface area contributed by atoms with Crippen LogP contribution in [-0.4, -0.2) is 52.8 Å². The maximum Gasteiger partial charge on any atom is 0.460 e. The van der Waals surface area contributed by atoms with Crippen LogP contribution in [0, 0.1) is 0 Å². The molecule has 0 bridgehead atoms. The largest absolute Gasteiger partial charge is 0.478 e. The molecule has 37 heavy (non-hydrogen) atoms. The molecule has 0 atom stereocenters. The van der Waals surface area contributed by atoms with Gasteiger partial charge >= 0.3 is 53.7 Å². The lowest BCUT2D eigenvalue weighted by atomic mass is 9.91. The van der Waals surface area contributed by atoms with Gasteiger partial charge in [0, 0.05) is 0 Å². The number of ether oxygens (including phenoxy) is 1. The van der Waals surface area contributed by atoms with Crippen LogP contribution in [0.5, 0.6) is 5.75 Å². The van der Waals surface area contributed by atoms with Crippen LogP contribution in [0.1, 0.15) is 10.4 Å². The Bertz CT molecular complexity index is 1010. The van der Waals surface area contributed by atoms with Crippen LogP contribution in [0.25, 0.3) is 0 Å². The van der Waals surface area contributed by atoms with Crippen molar-refractivity contribution in [3.63, 3.8) is 0 Å². The average molecular weight is 605 g/mol. The van der Waals surface area contributed by atoms with Crippen molar-refractivity contribution in [3.05, 3.63) is 41.7 Å². The Labute approximate surface area is 197 Å². The van der Waals surface area contributed by atoms with E-state index >= 15 is 0 Å². The Hall–Kier alpha value is -2.67. The molecule has 0 unspecified atom stereocenters. The average Bonchev–Trinajstić information content (AvgIpc) is 2.71. The van der Waals surface area contributed by atoms with E-state index in [0.29, 0.717) is 24.3 Å². The summed E-state index contributed by atoms with van der Waals surface area (Å²) in [4.78, 5) is 10.6. The number of carboxylic acid groups (broad SMARTS) is 1. The SMILES string of the molecule is Cl.O=C(O)c1ccc(OC(F)=C(F)C(F)(F)C(F)(F)C(F)(F)C(F)(F)C(F)(F)C(F)(F)C(F)(F)F)cc1. The molecule has 0 aliphatic rings. The predicted molar refractivity (Wildman–Crippen MR) is 86.3 cm³/mol. The van der Waals surface area contributed by atoms with Gasteiger partial charge in [0.15, 0.2) is 0 Å². The second-order valence-electron chi connectivity index (χ2n) is 6.46. The van der Waals surface area contributed by atoms with E-state index in [1.807, 2.05) is 0 Å². The van der Waals surface area contributed by atoms with Gasteiger partial charge in [-0.3, -0.25) is 0 Å². The van der Waals surface area contributed by atoms with Crippen molar-refractivity contribution in [1.29, 1.82) is 0 Å². The van der Waals surface area contributed by atoms with Crippen LogP contribution in [-0.2, 0) is 0 Å². The summed E-state index contributed by atoms with van der Waals surface area (Å²) in [5.74, 6) is -57.4. The van der Waals surface area contributed by atoms with E-state index in [4.69, 9.17) is 5.11 Å². The van der Waals surface area contributed by atoms with E-state index in [-0.39, 0.29) is 12.4 Å². The number of aromatic carboxylic acids is 1. The lowest BCUT2D eigenvalue weighted by Crippen LogP contribution is -2.72. The van der Waals surface area contributed by atoms with Crippen molar-refractivity contribution >= 4 is 18.4 Å². The first kappa shape index (κ1) is 34.3. The van der Waals surface area contributed by atoms with Crippen molar-refractivity contribution in [2.75, 3.05) is 0 Å². The first-order valence-electron chi connectivity index (χ1n) is 8.12. The first-order chi connectivity index (χ1) is 15.7. The van der Waals surface area contributed by atoms with E-state index < -0.39 is 70.8 Å². The van der Waals surface area contributed by atoms with Gasteiger partial charge in [0.05, 0.1) is 5.56 Å². The summed E-state index contributed by atoms with van der Waals surface area (Å²) in [6.07, 6.45) is -7.81. The van der Waals surface area contributed by atoms with Crippen LogP contribution in [0.2, 0.25) is 0 Å². The zero-order valence-electron chi connectivity index (χ0n) is 16.4. The molecule has 1 aromatic rings. The summed E-state index contributed by atoms with van der Waals surface area (Å²) >= 11 is 0. The number of halogens is 18. The van der Waals surface area contributed by atoms with Crippen LogP contribution in [0.15, 0.2) is 36.1 Å². The molecule has 0 aliphatic carbocycles. The molecule has 214 valence electrons. The summed E-state index contributed by atoms with van der Waals surface area (Å²) in [5, 5.41) is 8.57. The molecule has 0 saturated carbocycles. The molecular formula is C16H6ClF17O3. The van der Waals surface area contributed by atoms with Gasteiger partial charge in [-0.05, 0) is 24.3 Å². The molecule has 21 heteroatoms. The van der Waals surface area contributed by atoms with Crippen LogP contribution >= 0.6 is 12.4 Å². The predicted octanol–water partition coefficient (Wildman–Crippen LogP) is 7.67. The minimum Gasteiger partial charge on any atom is -0.478 e. The standard InChI is InChI=1S/C16H5F17O3.ClH/c17-7(8(18)36-6-3-1-5(2-4-6)9(34)35)10(19,20)11(21,22)12(23,24)13(25,26)14(27,28)15(29,30)16(31,32)33;/h1-4H,(H,34,35);1H. The number of alkyl halides is 15. The lowest BCUT2D eigenvalue weighted by Gasteiger charge is -2.41. The fourth-order valence-corrected chi connectivity index (χ4v) is 2.04. The number of carbonyl (C=O) groups is 1. The Morgan fingerprint density at radius 1 is 0.622 bits per heavy atom.